The lowest BCUT2D eigenvalue weighted by atomic mass is 9.82. The maximum Gasteiger partial charge on any atom is 0.240 e. The first kappa shape index (κ1) is 12.9. The van der Waals surface area contributed by atoms with Gasteiger partial charge < -0.3 is 21.5 Å². The van der Waals surface area contributed by atoms with E-state index in [1.54, 1.807) is 0 Å². The summed E-state index contributed by atoms with van der Waals surface area (Å²) in [5, 5.41) is 9.94. The molecule has 5 N–H and O–H groups in total. The van der Waals surface area contributed by atoms with Crippen molar-refractivity contribution in [3.63, 3.8) is 0 Å². The molecule has 0 spiro atoms. The Morgan fingerprint density at radius 1 is 1.44 bits per heavy atom. The van der Waals surface area contributed by atoms with Gasteiger partial charge in [0.2, 0.25) is 11.8 Å². The molecule has 6 heteroatoms. The lowest BCUT2D eigenvalue weighted by Gasteiger charge is -2.49. The van der Waals surface area contributed by atoms with Gasteiger partial charge in [0.15, 0.2) is 0 Å². The molecule has 1 aliphatic heterocycles. The van der Waals surface area contributed by atoms with Crippen LogP contribution >= 0.6 is 0 Å². The number of aliphatic hydroxyl groups is 1. The highest BCUT2D eigenvalue weighted by atomic mass is 16.3. The average Bonchev–Trinajstić information content (AvgIpc) is 2.10. The highest BCUT2D eigenvalue weighted by Crippen LogP contribution is 2.28. The van der Waals surface area contributed by atoms with E-state index in [-0.39, 0.29) is 31.3 Å². The van der Waals surface area contributed by atoms with Gasteiger partial charge in [0.1, 0.15) is 5.60 Å². The lowest BCUT2D eigenvalue weighted by Crippen LogP contribution is -2.68. The van der Waals surface area contributed by atoms with Crippen LogP contribution in [0.1, 0.15) is 20.3 Å². The van der Waals surface area contributed by atoms with E-state index in [1.807, 2.05) is 13.8 Å². The van der Waals surface area contributed by atoms with Crippen molar-refractivity contribution in [3.8, 4) is 0 Å². The molecule has 16 heavy (non-hydrogen) atoms. The molecule has 0 radical (unpaired) electrons. The van der Waals surface area contributed by atoms with Crippen LogP contribution in [-0.4, -0.2) is 46.6 Å². The third-order valence-corrected chi connectivity index (χ3v) is 3.05. The molecule has 1 atom stereocenters. The van der Waals surface area contributed by atoms with Gasteiger partial charge in [-0.25, -0.2) is 0 Å². The van der Waals surface area contributed by atoms with E-state index in [0.717, 1.165) is 0 Å². The van der Waals surface area contributed by atoms with Gasteiger partial charge in [-0.1, -0.05) is 13.8 Å². The molecule has 0 aromatic carbocycles. The molecule has 92 valence electrons. The number of nitrogens with zero attached hydrogens (tertiary/aromatic N) is 1. The van der Waals surface area contributed by atoms with E-state index >= 15 is 0 Å². The Morgan fingerprint density at radius 3 is 2.31 bits per heavy atom. The molecular formula is C10H19N3O3. The minimum absolute atomic E-state index is 0.0870. The minimum Gasteiger partial charge on any atom is -0.386 e. The van der Waals surface area contributed by atoms with E-state index < -0.39 is 17.6 Å². The van der Waals surface area contributed by atoms with Gasteiger partial charge >= 0.3 is 0 Å². The summed E-state index contributed by atoms with van der Waals surface area (Å²) in [7, 11) is 0. The molecule has 1 saturated heterocycles. The largest absolute Gasteiger partial charge is 0.386 e. The third kappa shape index (κ3) is 2.51. The first-order valence-electron chi connectivity index (χ1n) is 5.31. The molecular weight excluding hydrogens is 210 g/mol. The summed E-state index contributed by atoms with van der Waals surface area (Å²) in [6.07, 6.45) is -0.157. The van der Waals surface area contributed by atoms with Crippen LogP contribution < -0.4 is 11.5 Å². The number of carbonyl (C=O) groups is 2. The van der Waals surface area contributed by atoms with Crippen molar-refractivity contribution in [2.75, 3.05) is 13.1 Å². The van der Waals surface area contributed by atoms with Gasteiger partial charge in [0.25, 0.3) is 0 Å². The van der Waals surface area contributed by atoms with Gasteiger partial charge in [-0.2, -0.15) is 0 Å². The second kappa shape index (κ2) is 4.39. The van der Waals surface area contributed by atoms with E-state index in [2.05, 4.69) is 0 Å². The molecule has 0 aromatic heterocycles. The highest BCUT2D eigenvalue weighted by Gasteiger charge is 2.46. The van der Waals surface area contributed by atoms with Crippen molar-refractivity contribution in [3.05, 3.63) is 0 Å². The van der Waals surface area contributed by atoms with Crippen molar-refractivity contribution in [2.45, 2.75) is 31.9 Å². The Morgan fingerprint density at radius 2 is 1.94 bits per heavy atom. The molecule has 1 unspecified atom stereocenters. The molecule has 1 heterocycles. The number of amides is 2. The Bertz CT molecular complexity index is 298. The van der Waals surface area contributed by atoms with Crippen LogP contribution in [0.4, 0.5) is 0 Å². The molecule has 0 bridgehead atoms. The smallest absolute Gasteiger partial charge is 0.240 e. The van der Waals surface area contributed by atoms with Crippen LogP contribution in [-0.2, 0) is 9.59 Å². The topological polar surface area (TPSA) is 110 Å². The van der Waals surface area contributed by atoms with Crippen LogP contribution in [0.15, 0.2) is 0 Å². The zero-order chi connectivity index (χ0) is 12.5. The van der Waals surface area contributed by atoms with Gasteiger partial charge in [-0.3, -0.25) is 9.59 Å². The number of primary amides is 1. The van der Waals surface area contributed by atoms with Gasteiger partial charge in [-0.05, 0) is 5.92 Å². The maximum atomic E-state index is 11.7. The fraction of sp³-hybridized carbons (Fsp3) is 0.800. The van der Waals surface area contributed by atoms with E-state index in [4.69, 9.17) is 11.5 Å². The number of carbonyl (C=O) groups excluding carboxylic acids is 2. The van der Waals surface area contributed by atoms with Gasteiger partial charge in [-0.15, -0.1) is 0 Å². The SMILES string of the molecule is CC(C)C1(O)CN(C(=O)C(N)CC(N)=O)C1. The van der Waals surface area contributed by atoms with Crippen molar-refractivity contribution in [2.24, 2.45) is 17.4 Å². The summed E-state index contributed by atoms with van der Waals surface area (Å²) in [4.78, 5) is 23.7. The second-order valence-electron chi connectivity index (χ2n) is 4.73. The van der Waals surface area contributed by atoms with Crippen LogP contribution in [0, 0.1) is 5.92 Å². The van der Waals surface area contributed by atoms with E-state index in [1.165, 1.54) is 4.90 Å². The van der Waals surface area contributed by atoms with Gasteiger partial charge in [0.05, 0.1) is 25.6 Å². The van der Waals surface area contributed by atoms with E-state index in [9.17, 15) is 14.7 Å². The van der Waals surface area contributed by atoms with Crippen molar-refractivity contribution in [1.29, 1.82) is 0 Å². The molecule has 1 fully saturated rings. The Kier molecular flexibility index (Phi) is 3.54. The van der Waals surface area contributed by atoms with E-state index in [0.29, 0.717) is 0 Å². The summed E-state index contributed by atoms with van der Waals surface area (Å²) < 4.78 is 0. The normalized spacial score (nSPS) is 20.4. The predicted molar refractivity (Wildman–Crippen MR) is 58.2 cm³/mol. The zero-order valence-electron chi connectivity index (χ0n) is 9.64. The highest BCUT2D eigenvalue weighted by molar-refractivity contribution is 5.88. The molecule has 6 nitrogen and oxygen atoms in total. The summed E-state index contributed by atoms with van der Waals surface area (Å²) in [6.45, 7) is 4.34. The van der Waals surface area contributed by atoms with Crippen LogP contribution in [0.2, 0.25) is 0 Å². The Balaban J connectivity index is 2.45. The van der Waals surface area contributed by atoms with Crippen molar-refractivity contribution < 1.29 is 14.7 Å². The molecule has 1 aliphatic rings. The van der Waals surface area contributed by atoms with Crippen LogP contribution in [0.25, 0.3) is 0 Å². The number of hydrogen-bond donors (Lipinski definition) is 3. The summed E-state index contributed by atoms with van der Waals surface area (Å²) in [5.41, 5.74) is 9.66. The second-order valence-corrected chi connectivity index (χ2v) is 4.73. The number of likely N-dealkylation sites (tertiary alicyclic amines) is 1. The average molecular weight is 229 g/mol. The molecule has 0 aliphatic carbocycles. The molecule has 0 aromatic rings. The van der Waals surface area contributed by atoms with Crippen LogP contribution in [0.3, 0.4) is 0 Å². The van der Waals surface area contributed by atoms with Crippen molar-refractivity contribution >= 4 is 11.8 Å². The van der Waals surface area contributed by atoms with Crippen LogP contribution in [0.5, 0.6) is 0 Å². The first-order valence-corrected chi connectivity index (χ1v) is 5.31. The lowest BCUT2D eigenvalue weighted by molar-refractivity contribution is -0.165. The number of nitrogens with two attached hydrogens (primary N) is 2. The molecule has 1 rings (SSSR count). The fourth-order valence-electron chi connectivity index (χ4n) is 1.67. The zero-order valence-corrected chi connectivity index (χ0v) is 9.64. The number of hydrogen-bond acceptors (Lipinski definition) is 4. The summed E-state index contributed by atoms with van der Waals surface area (Å²) in [6, 6.07) is -0.894. The summed E-state index contributed by atoms with van der Waals surface area (Å²) in [5.74, 6) is -0.839. The quantitative estimate of drug-likeness (QED) is 0.540. The summed E-state index contributed by atoms with van der Waals surface area (Å²) >= 11 is 0. The first-order chi connectivity index (χ1) is 7.26. The predicted octanol–water partition coefficient (Wildman–Crippen LogP) is -1.58. The Hall–Kier alpha value is -1.14. The number of β-amino-alcohol motifs (C(OH)–C–C–N with tert-alkyl or cyclic N) is 1. The molecule has 2 amide bonds. The maximum absolute atomic E-state index is 11.7. The standard InChI is InChI=1S/C10H19N3O3/c1-6(2)10(16)4-13(5-10)9(15)7(11)3-8(12)14/h6-7,16H,3-5,11H2,1-2H3,(H2,12,14). The monoisotopic (exact) mass is 229 g/mol. The van der Waals surface area contributed by atoms with Gasteiger partial charge in [0, 0.05) is 0 Å². The van der Waals surface area contributed by atoms with Crippen molar-refractivity contribution in [1.82, 2.24) is 4.90 Å². The fourth-order valence-corrected chi connectivity index (χ4v) is 1.67. The minimum atomic E-state index is -0.894. The number of rotatable bonds is 4. The Labute approximate surface area is 94.6 Å². The molecule has 0 saturated carbocycles. The third-order valence-electron chi connectivity index (χ3n) is 3.05.